The van der Waals surface area contributed by atoms with E-state index >= 15 is 0 Å². The molecule has 0 aliphatic heterocycles. The molecule has 0 aliphatic carbocycles. The second-order valence-corrected chi connectivity index (χ2v) is 9.09. The van der Waals surface area contributed by atoms with E-state index in [0.717, 1.165) is 11.8 Å². The summed E-state index contributed by atoms with van der Waals surface area (Å²) in [5, 5.41) is 2.99. The van der Waals surface area contributed by atoms with Gasteiger partial charge in [-0.2, -0.15) is 9.97 Å². The van der Waals surface area contributed by atoms with Crippen LogP contribution < -0.4 is 25.1 Å². The minimum atomic E-state index is -3.97. The highest BCUT2D eigenvalue weighted by Crippen LogP contribution is 2.22. The minimum absolute atomic E-state index is 0.00533. The van der Waals surface area contributed by atoms with Crippen molar-refractivity contribution in [2.75, 3.05) is 30.0 Å². The number of methoxy groups -OCH3 is 2. The van der Waals surface area contributed by atoms with Crippen LogP contribution in [0.1, 0.15) is 5.69 Å². The molecular weight excluding hydrogens is 472 g/mol. The number of hydrogen-bond donors (Lipinski definition) is 3. The number of amides is 1. The second-order valence-electron chi connectivity index (χ2n) is 6.44. The lowest BCUT2D eigenvalue weighted by atomic mass is 10.3. The minimum Gasteiger partial charge on any atom is -0.481 e. The Kier molecular flexibility index (Phi) is 7.50. The molecule has 174 valence electrons. The summed E-state index contributed by atoms with van der Waals surface area (Å²) in [5.41, 5.74) is 0.649. The topological polar surface area (TPSA) is 165 Å². The normalized spacial score (nSPS) is 11.0. The summed E-state index contributed by atoms with van der Waals surface area (Å²) in [5.74, 6) is -0.250. The first-order valence-corrected chi connectivity index (χ1v) is 11.8. The standard InChI is InChI=1S/C19H20N6O6S2/c1-11-8-15(26)23-19(20-11)32-10-16(27)21-12-4-6-13(7-5-12)33(28,29)25-14-9-17(30-2)24-18(22-14)31-3/h4-9H,10H2,1-3H3,(H,21,27)(H,20,23,26)(H,22,24,25). The van der Waals surface area contributed by atoms with E-state index in [-0.39, 0.29) is 39.8 Å². The summed E-state index contributed by atoms with van der Waals surface area (Å²) >= 11 is 1.07. The number of carbonyl (C=O) groups is 1. The number of rotatable bonds is 9. The number of nitrogens with zero attached hydrogens (tertiary/aromatic N) is 3. The lowest BCUT2D eigenvalue weighted by molar-refractivity contribution is -0.113. The largest absolute Gasteiger partial charge is 0.481 e. The molecule has 1 aromatic carbocycles. The highest BCUT2D eigenvalue weighted by Gasteiger charge is 2.17. The molecule has 33 heavy (non-hydrogen) atoms. The molecule has 0 radical (unpaired) electrons. The van der Waals surface area contributed by atoms with Gasteiger partial charge >= 0.3 is 6.01 Å². The highest BCUT2D eigenvalue weighted by molar-refractivity contribution is 7.99. The Balaban J connectivity index is 1.64. The molecule has 3 N–H and O–H groups in total. The zero-order valence-corrected chi connectivity index (χ0v) is 19.4. The number of thioether (sulfide) groups is 1. The molecule has 12 nitrogen and oxygen atoms in total. The first-order valence-electron chi connectivity index (χ1n) is 9.29. The van der Waals surface area contributed by atoms with E-state index in [2.05, 4.69) is 30.0 Å². The van der Waals surface area contributed by atoms with Gasteiger partial charge in [0.25, 0.3) is 15.6 Å². The summed E-state index contributed by atoms with van der Waals surface area (Å²) < 4.78 is 37.6. The van der Waals surface area contributed by atoms with Gasteiger partial charge in [-0.25, -0.2) is 13.4 Å². The average Bonchev–Trinajstić information content (AvgIpc) is 2.77. The number of benzene rings is 1. The van der Waals surface area contributed by atoms with Gasteiger partial charge in [-0.05, 0) is 31.2 Å². The van der Waals surface area contributed by atoms with Gasteiger partial charge in [0.05, 0.1) is 24.9 Å². The lowest BCUT2D eigenvalue weighted by Gasteiger charge is -2.10. The van der Waals surface area contributed by atoms with Crippen molar-refractivity contribution in [1.82, 2.24) is 19.9 Å². The Morgan fingerprint density at radius 1 is 1.09 bits per heavy atom. The zero-order chi connectivity index (χ0) is 24.0. The van der Waals surface area contributed by atoms with Gasteiger partial charge in [0.15, 0.2) is 11.0 Å². The van der Waals surface area contributed by atoms with E-state index in [1.54, 1.807) is 6.92 Å². The quantitative estimate of drug-likeness (QED) is 0.294. The summed E-state index contributed by atoms with van der Waals surface area (Å²) in [7, 11) is -1.25. The number of carbonyl (C=O) groups excluding carboxylic acids is 1. The number of anilines is 2. The van der Waals surface area contributed by atoms with Gasteiger partial charge in [-0.15, -0.1) is 0 Å². The molecule has 0 atom stereocenters. The van der Waals surface area contributed by atoms with Crippen LogP contribution in [0, 0.1) is 6.92 Å². The van der Waals surface area contributed by atoms with Crippen LogP contribution in [0.15, 0.2) is 51.2 Å². The van der Waals surface area contributed by atoms with Crippen LogP contribution in [0.2, 0.25) is 0 Å². The van der Waals surface area contributed by atoms with Crippen LogP contribution >= 0.6 is 11.8 Å². The molecule has 14 heteroatoms. The molecular formula is C19H20N6O6S2. The van der Waals surface area contributed by atoms with Crippen molar-refractivity contribution in [2.24, 2.45) is 0 Å². The fraction of sp³-hybridized carbons (Fsp3) is 0.211. The Morgan fingerprint density at radius 2 is 1.82 bits per heavy atom. The number of hydrogen-bond acceptors (Lipinski definition) is 10. The molecule has 2 heterocycles. The molecule has 0 aliphatic rings. The predicted molar refractivity (Wildman–Crippen MR) is 121 cm³/mol. The molecule has 0 saturated carbocycles. The Hall–Kier alpha value is -3.65. The maximum Gasteiger partial charge on any atom is 0.321 e. The molecule has 2 aromatic heterocycles. The average molecular weight is 493 g/mol. The van der Waals surface area contributed by atoms with E-state index in [4.69, 9.17) is 9.47 Å². The third-order valence-electron chi connectivity index (χ3n) is 3.95. The second kappa shape index (κ2) is 10.3. The number of aryl methyl sites for hydroxylation is 1. The van der Waals surface area contributed by atoms with E-state index in [1.165, 1.54) is 50.6 Å². The van der Waals surface area contributed by atoms with Crippen LogP contribution in [-0.4, -0.2) is 54.2 Å². The lowest BCUT2D eigenvalue weighted by Crippen LogP contribution is -2.16. The summed E-state index contributed by atoms with van der Waals surface area (Å²) in [6.45, 7) is 1.68. The molecule has 3 rings (SSSR count). The van der Waals surface area contributed by atoms with Gasteiger partial charge in [0.1, 0.15) is 0 Å². The predicted octanol–water partition coefficient (Wildman–Crippen LogP) is 1.42. The number of aromatic amines is 1. The molecule has 0 spiro atoms. The number of nitrogens with one attached hydrogen (secondary N) is 3. The third kappa shape index (κ3) is 6.66. The first-order chi connectivity index (χ1) is 15.7. The maximum absolute atomic E-state index is 12.7. The van der Waals surface area contributed by atoms with Crippen molar-refractivity contribution < 1.29 is 22.7 Å². The SMILES string of the molecule is COc1cc(NS(=O)(=O)c2ccc(NC(=O)CSc3nc(C)cc(=O)[nH]3)cc2)nc(OC)n1. The van der Waals surface area contributed by atoms with Gasteiger partial charge in [0, 0.05) is 23.5 Å². The molecule has 0 unspecified atom stereocenters. The summed E-state index contributed by atoms with van der Waals surface area (Å²) in [6.07, 6.45) is 0. The smallest absolute Gasteiger partial charge is 0.321 e. The van der Waals surface area contributed by atoms with E-state index < -0.39 is 10.0 Å². The van der Waals surface area contributed by atoms with Crippen molar-refractivity contribution in [3.8, 4) is 11.9 Å². The number of ether oxygens (including phenoxy) is 2. The number of H-pyrrole nitrogens is 1. The third-order valence-corrected chi connectivity index (χ3v) is 6.19. The Morgan fingerprint density at radius 3 is 2.45 bits per heavy atom. The van der Waals surface area contributed by atoms with Crippen molar-refractivity contribution in [3.63, 3.8) is 0 Å². The van der Waals surface area contributed by atoms with Crippen LogP contribution in [0.5, 0.6) is 11.9 Å². The molecule has 0 bridgehead atoms. The highest BCUT2D eigenvalue weighted by atomic mass is 32.2. The summed E-state index contributed by atoms with van der Waals surface area (Å²) in [6, 6.07) is 8.17. The van der Waals surface area contributed by atoms with Crippen molar-refractivity contribution >= 4 is 39.2 Å². The first kappa shape index (κ1) is 24.0. The van der Waals surface area contributed by atoms with Crippen LogP contribution in [0.25, 0.3) is 0 Å². The molecule has 1 amide bonds. The number of sulfonamides is 1. The van der Waals surface area contributed by atoms with E-state index in [0.29, 0.717) is 16.5 Å². The van der Waals surface area contributed by atoms with Crippen molar-refractivity contribution in [3.05, 3.63) is 52.4 Å². The van der Waals surface area contributed by atoms with E-state index in [1.807, 2.05) is 0 Å². The van der Waals surface area contributed by atoms with Crippen molar-refractivity contribution in [1.29, 1.82) is 0 Å². The fourth-order valence-corrected chi connectivity index (χ4v) is 4.23. The van der Waals surface area contributed by atoms with Gasteiger partial charge in [0.2, 0.25) is 11.8 Å². The number of aromatic nitrogens is 4. The monoisotopic (exact) mass is 492 g/mol. The Bertz CT molecular complexity index is 1290. The van der Waals surface area contributed by atoms with E-state index in [9.17, 15) is 18.0 Å². The maximum atomic E-state index is 12.7. The molecule has 0 saturated heterocycles. The van der Waals surface area contributed by atoms with Crippen LogP contribution in [-0.2, 0) is 14.8 Å². The Labute approximate surface area is 193 Å². The molecule has 3 aromatic rings. The fourth-order valence-electron chi connectivity index (χ4n) is 2.52. The van der Waals surface area contributed by atoms with Gasteiger partial charge < -0.3 is 19.8 Å². The van der Waals surface area contributed by atoms with Crippen LogP contribution in [0.3, 0.4) is 0 Å². The summed E-state index contributed by atoms with van der Waals surface area (Å²) in [4.78, 5) is 38.1. The van der Waals surface area contributed by atoms with Gasteiger partial charge in [-0.1, -0.05) is 11.8 Å². The zero-order valence-electron chi connectivity index (χ0n) is 17.8. The van der Waals surface area contributed by atoms with Crippen molar-refractivity contribution in [2.45, 2.75) is 17.0 Å². The van der Waals surface area contributed by atoms with Crippen LogP contribution in [0.4, 0.5) is 11.5 Å². The van der Waals surface area contributed by atoms with Gasteiger partial charge in [-0.3, -0.25) is 14.3 Å². The molecule has 0 fully saturated rings.